The maximum absolute atomic E-state index is 12.9. The molecule has 0 spiro atoms. The standard InChI is InChI=1S/C16H14ClFO2/c17-11-10-15(20-14-4-2-1-3-5-14)16(19)12-6-8-13(18)9-7-12/h1-9,15H,10-11H2. The number of hydrogen-bond donors (Lipinski definition) is 0. The van der Waals surface area contributed by atoms with Crippen LogP contribution in [0.1, 0.15) is 16.8 Å². The minimum absolute atomic E-state index is 0.200. The van der Waals surface area contributed by atoms with E-state index < -0.39 is 6.10 Å². The van der Waals surface area contributed by atoms with E-state index in [1.54, 1.807) is 12.1 Å². The van der Waals surface area contributed by atoms with Crippen LogP contribution in [-0.4, -0.2) is 17.8 Å². The third-order valence-corrected chi connectivity index (χ3v) is 3.03. The first-order chi connectivity index (χ1) is 9.70. The van der Waals surface area contributed by atoms with Crippen LogP contribution in [0.4, 0.5) is 4.39 Å². The molecule has 0 saturated carbocycles. The molecule has 0 bridgehead atoms. The van der Waals surface area contributed by atoms with Gasteiger partial charge in [0.15, 0.2) is 6.10 Å². The van der Waals surface area contributed by atoms with E-state index in [1.807, 2.05) is 18.2 Å². The van der Waals surface area contributed by atoms with Crippen LogP contribution in [-0.2, 0) is 0 Å². The molecule has 0 aromatic heterocycles. The number of ketones is 1. The van der Waals surface area contributed by atoms with Crippen LogP contribution in [0.3, 0.4) is 0 Å². The van der Waals surface area contributed by atoms with Crippen molar-refractivity contribution in [2.75, 3.05) is 5.88 Å². The Kier molecular flexibility index (Phi) is 5.13. The number of hydrogen-bond acceptors (Lipinski definition) is 2. The lowest BCUT2D eigenvalue weighted by Crippen LogP contribution is -2.28. The highest BCUT2D eigenvalue weighted by molar-refractivity contribution is 6.18. The lowest BCUT2D eigenvalue weighted by Gasteiger charge is -2.17. The minimum Gasteiger partial charge on any atom is -0.482 e. The Morgan fingerprint density at radius 3 is 2.35 bits per heavy atom. The fourth-order valence-electron chi connectivity index (χ4n) is 1.81. The summed E-state index contributed by atoms with van der Waals surface area (Å²) in [6, 6.07) is 14.5. The second-order valence-corrected chi connectivity index (χ2v) is 4.65. The summed E-state index contributed by atoms with van der Waals surface area (Å²) in [5.74, 6) is 0.344. The van der Waals surface area contributed by atoms with Gasteiger partial charge in [-0.15, -0.1) is 11.6 Å². The Morgan fingerprint density at radius 1 is 1.10 bits per heavy atom. The zero-order chi connectivity index (χ0) is 14.4. The van der Waals surface area contributed by atoms with Crippen molar-refractivity contribution in [2.24, 2.45) is 0 Å². The van der Waals surface area contributed by atoms with Gasteiger partial charge in [0.1, 0.15) is 11.6 Å². The van der Waals surface area contributed by atoms with E-state index in [2.05, 4.69) is 0 Å². The summed E-state index contributed by atoms with van der Waals surface area (Å²) in [6.45, 7) is 0. The first kappa shape index (κ1) is 14.5. The number of alkyl halides is 1. The molecule has 1 atom stereocenters. The van der Waals surface area contributed by atoms with E-state index in [0.29, 0.717) is 23.6 Å². The van der Waals surface area contributed by atoms with Crippen molar-refractivity contribution >= 4 is 17.4 Å². The zero-order valence-corrected chi connectivity index (χ0v) is 11.5. The first-order valence-corrected chi connectivity index (χ1v) is 6.81. The Morgan fingerprint density at radius 2 is 1.75 bits per heavy atom. The van der Waals surface area contributed by atoms with E-state index in [4.69, 9.17) is 16.3 Å². The van der Waals surface area contributed by atoms with Crippen molar-refractivity contribution in [3.05, 3.63) is 66.0 Å². The van der Waals surface area contributed by atoms with Crippen molar-refractivity contribution < 1.29 is 13.9 Å². The monoisotopic (exact) mass is 292 g/mol. The van der Waals surface area contributed by atoms with Gasteiger partial charge in [0.05, 0.1) is 0 Å². The van der Waals surface area contributed by atoms with Gasteiger partial charge in [0, 0.05) is 17.9 Å². The number of rotatable bonds is 6. The van der Waals surface area contributed by atoms with Gasteiger partial charge in [-0.05, 0) is 36.4 Å². The molecule has 2 nitrogen and oxygen atoms in total. The number of carbonyl (C=O) groups is 1. The number of benzene rings is 2. The van der Waals surface area contributed by atoms with E-state index in [9.17, 15) is 9.18 Å². The van der Waals surface area contributed by atoms with Gasteiger partial charge in [-0.1, -0.05) is 18.2 Å². The SMILES string of the molecule is O=C(c1ccc(F)cc1)C(CCCl)Oc1ccccc1. The molecule has 2 aromatic rings. The Bertz CT molecular complexity index is 554. The van der Waals surface area contributed by atoms with Gasteiger partial charge < -0.3 is 4.74 Å². The molecule has 0 fully saturated rings. The summed E-state index contributed by atoms with van der Waals surface area (Å²) in [5, 5.41) is 0. The number of Topliss-reactive ketones (excluding diaryl/α,β-unsaturated/α-hetero) is 1. The fraction of sp³-hybridized carbons (Fsp3) is 0.188. The van der Waals surface area contributed by atoms with E-state index in [1.165, 1.54) is 24.3 Å². The van der Waals surface area contributed by atoms with Crippen LogP contribution < -0.4 is 4.74 Å². The molecular formula is C16H14ClFO2. The predicted molar refractivity (Wildman–Crippen MR) is 76.9 cm³/mol. The number of ether oxygens (including phenoxy) is 1. The normalized spacial score (nSPS) is 11.9. The second kappa shape index (κ2) is 7.06. The summed E-state index contributed by atoms with van der Waals surface area (Å²) < 4.78 is 18.6. The maximum atomic E-state index is 12.9. The van der Waals surface area contributed by atoms with Gasteiger partial charge >= 0.3 is 0 Å². The predicted octanol–water partition coefficient (Wildman–Crippen LogP) is 4.08. The fourth-order valence-corrected chi connectivity index (χ4v) is 2.00. The molecule has 0 heterocycles. The summed E-state index contributed by atoms with van der Waals surface area (Å²) in [6.07, 6.45) is -0.271. The van der Waals surface area contributed by atoms with E-state index >= 15 is 0 Å². The van der Waals surface area contributed by atoms with Crippen molar-refractivity contribution in [3.8, 4) is 5.75 Å². The van der Waals surface area contributed by atoms with E-state index in [-0.39, 0.29) is 11.6 Å². The molecule has 0 amide bonds. The van der Waals surface area contributed by atoms with Gasteiger partial charge in [0.2, 0.25) is 5.78 Å². The molecule has 0 N–H and O–H groups in total. The van der Waals surface area contributed by atoms with Crippen molar-refractivity contribution in [1.82, 2.24) is 0 Å². The van der Waals surface area contributed by atoms with E-state index in [0.717, 1.165) is 0 Å². The largest absolute Gasteiger partial charge is 0.482 e. The zero-order valence-electron chi connectivity index (χ0n) is 10.8. The minimum atomic E-state index is -0.666. The molecule has 104 valence electrons. The summed E-state index contributed by atoms with van der Waals surface area (Å²) in [5.41, 5.74) is 0.414. The van der Waals surface area contributed by atoms with Crippen molar-refractivity contribution in [3.63, 3.8) is 0 Å². The molecule has 0 aliphatic carbocycles. The Labute approximate surface area is 122 Å². The summed E-state index contributed by atoms with van der Waals surface area (Å²) in [7, 11) is 0. The highest BCUT2D eigenvalue weighted by Crippen LogP contribution is 2.17. The van der Waals surface area contributed by atoms with Crippen LogP contribution >= 0.6 is 11.6 Å². The maximum Gasteiger partial charge on any atom is 0.203 e. The Hall–Kier alpha value is -1.87. The van der Waals surface area contributed by atoms with Crippen molar-refractivity contribution in [1.29, 1.82) is 0 Å². The average Bonchev–Trinajstić information content (AvgIpc) is 2.48. The molecule has 0 aliphatic heterocycles. The van der Waals surface area contributed by atoms with Crippen molar-refractivity contribution in [2.45, 2.75) is 12.5 Å². The van der Waals surface area contributed by atoms with Gasteiger partial charge in [-0.25, -0.2) is 4.39 Å². The van der Waals surface area contributed by atoms with Crippen LogP contribution in [0.25, 0.3) is 0 Å². The second-order valence-electron chi connectivity index (χ2n) is 4.27. The summed E-state index contributed by atoms with van der Waals surface area (Å²) in [4.78, 5) is 12.3. The molecule has 0 aliphatic rings. The highest BCUT2D eigenvalue weighted by atomic mass is 35.5. The molecule has 0 saturated heterocycles. The van der Waals surface area contributed by atoms with Gasteiger partial charge in [-0.3, -0.25) is 4.79 Å². The van der Waals surface area contributed by atoms with Crippen LogP contribution in [0.5, 0.6) is 5.75 Å². The lowest BCUT2D eigenvalue weighted by molar-refractivity contribution is 0.0788. The molecule has 1 unspecified atom stereocenters. The Balaban J connectivity index is 2.15. The molecule has 4 heteroatoms. The topological polar surface area (TPSA) is 26.3 Å². The van der Waals surface area contributed by atoms with Crippen LogP contribution in [0.2, 0.25) is 0 Å². The number of halogens is 2. The molecule has 20 heavy (non-hydrogen) atoms. The van der Waals surface area contributed by atoms with Crippen LogP contribution in [0, 0.1) is 5.82 Å². The molecular weight excluding hydrogens is 279 g/mol. The third kappa shape index (κ3) is 3.81. The van der Waals surface area contributed by atoms with Gasteiger partial charge in [-0.2, -0.15) is 0 Å². The highest BCUT2D eigenvalue weighted by Gasteiger charge is 2.21. The molecule has 0 radical (unpaired) electrons. The number of carbonyl (C=O) groups excluding carboxylic acids is 1. The first-order valence-electron chi connectivity index (χ1n) is 6.28. The van der Waals surface area contributed by atoms with Gasteiger partial charge in [0.25, 0.3) is 0 Å². The smallest absolute Gasteiger partial charge is 0.203 e. The quantitative estimate of drug-likeness (QED) is 0.592. The van der Waals surface area contributed by atoms with Crippen LogP contribution in [0.15, 0.2) is 54.6 Å². The number of para-hydroxylation sites is 1. The summed E-state index contributed by atoms with van der Waals surface area (Å²) >= 11 is 5.73. The average molecular weight is 293 g/mol. The lowest BCUT2D eigenvalue weighted by atomic mass is 10.0. The molecule has 2 rings (SSSR count). The molecule has 2 aromatic carbocycles. The third-order valence-electron chi connectivity index (χ3n) is 2.81.